The summed E-state index contributed by atoms with van der Waals surface area (Å²) in [5.41, 5.74) is 0. The Kier molecular flexibility index (Phi) is 10.8. The van der Waals surface area contributed by atoms with Crippen LogP contribution in [0.25, 0.3) is 0 Å². The van der Waals surface area contributed by atoms with Crippen LogP contribution in [-0.4, -0.2) is 63.4 Å². The zero-order valence-corrected chi connectivity index (χ0v) is 13.1. The van der Waals surface area contributed by atoms with E-state index in [4.69, 9.17) is 9.47 Å². The highest BCUT2D eigenvalue weighted by Crippen LogP contribution is 2.03. The topological polar surface area (TPSA) is 50.8 Å². The SMILES string of the molecule is CCCNC(CCN(CCOC)C(C)C)C(=O)OC. The van der Waals surface area contributed by atoms with Gasteiger partial charge in [0, 0.05) is 26.2 Å². The van der Waals surface area contributed by atoms with E-state index in [2.05, 4.69) is 31.0 Å². The average molecular weight is 274 g/mol. The first-order valence-corrected chi connectivity index (χ1v) is 7.11. The number of carbonyl (C=O) groups is 1. The summed E-state index contributed by atoms with van der Waals surface area (Å²) in [6.45, 7) is 9.68. The second-order valence-electron chi connectivity index (χ2n) is 4.94. The standard InChI is InChI=1S/C14H30N2O3/c1-6-8-15-13(14(17)19-5)7-9-16(12(2)3)10-11-18-4/h12-13,15H,6-11H2,1-5H3. The molecule has 0 radical (unpaired) electrons. The number of methoxy groups -OCH3 is 2. The van der Waals surface area contributed by atoms with Crippen molar-refractivity contribution in [3.05, 3.63) is 0 Å². The Hall–Kier alpha value is -0.650. The molecule has 0 saturated heterocycles. The van der Waals surface area contributed by atoms with Gasteiger partial charge in [-0.25, -0.2) is 0 Å². The van der Waals surface area contributed by atoms with Gasteiger partial charge in [-0.2, -0.15) is 0 Å². The number of esters is 1. The first-order chi connectivity index (χ1) is 9.06. The minimum Gasteiger partial charge on any atom is -0.468 e. The molecule has 5 nitrogen and oxygen atoms in total. The van der Waals surface area contributed by atoms with Gasteiger partial charge < -0.3 is 14.8 Å². The molecule has 0 aliphatic rings. The normalized spacial score (nSPS) is 13.0. The maximum atomic E-state index is 11.7. The van der Waals surface area contributed by atoms with Crippen molar-refractivity contribution in [2.24, 2.45) is 0 Å². The van der Waals surface area contributed by atoms with Gasteiger partial charge in [0.1, 0.15) is 6.04 Å². The van der Waals surface area contributed by atoms with Gasteiger partial charge in [0.2, 0.25) is 0 Å². The Labute approximate surface area is 117 Å². The third kappa shape index (κ3) is 8.18. The summed E-state index contributed by atoms with van der Waals surface area (Å²) in [7, 11) is 3.15. The number of hydrogen-bond acceptors (Lipinski definition) is 5. The zero-order chi connectivity index (χ0) is 14.7. The van der Waals surface area contributed by atoms with Crippen LogP contribution in [0, 0.1) is 0 Å². The molecule has 1 unspecified atom stereocenters. The van der Waals surface area contributed by atoms with Crippen LogP contribution in [0.15, 0.2) is 0 Å². The van der Waals surface area contributed by atoms with Gasteiger partial charge in [-0.15, -0.1) is 0 Å². The Morgan fingerprint density at radius 1 is 1.26 bits per heavy atom. The van der Waals surface area contributed by atoms with Gasteiger partial charge in [0.15, 0.2) is 0 Å². The summed E-state index contributed by atoms with van der Waals surface area (Å²) in [4.78, 5) is 14.0. The predicted octanol–water partition coefficient (Wildman–Crippen LogP) is 1.27. The molecule has 0 heterocycles. The number of rotatable bonds is 11. The minimum atomic E-state index is -0.214. The Morgan fingerprint density at radius 2 is 1.95 bits per heavy atom. The van der Waals surface area contributed by atoms with Crippen molar-refractivity contribution < 1.29 is 14.3 Å². The second-order valence-corrected chi connectivity index (χ2v) is 4.94. The van der Waals surface area contributed by atoms with Gasteiger partial charge in [0.25, 0.3) is 0 Å². The highest BCUT2D eigenvalue weighted by molar-refractivity contribution is 5.75. The van der Waals surface area contributed by atoms with Crippen LogP contribution in [0.5, 0.6) is 0 Å². The molecule has 19 heavy (non-hydrogen) atoms. The smallest absolute Gasteiger partial charge is 0.322 e. The second kappa shape index (κ2) is 11.2. The van der Waals surface area contributed by atoms with E-state index in [0.29, 0.717) is 12.6 Å². The fourth-order valence-corrected chi connectivity index (χ4v) is 1.90. The van der Waals surface area contributed by atoms with Gasteiger partial charge in [-0.05, 0) is 33.2 Å². The lowest BCUT2D eigenvalue weighted by Crippen LogP contribution is -2.43. The van der Waals surface area contributed by atoms with Crippen molar-refractivity contribution in [2.75, 3.05) is 40.5 Å². The van der Waals surface area contributed by atoms with Crippen molar-refractivity contribution in [1.29, 1.82) is 0 Å². The van der Waals surface area contributed by atoms with Gasteiger partial charge in [-0.3, -0.25) is 9.69 Å². The quantitative estimate of drug-likeness (QED) is 0.575. The van der Waals surface area contributed by atoms with E-state index >= 15 is 0 Å². The van der Waals surface area contributed by atoms with E-state index in [0.717, 1.165) is 32.5 Å². The fraction of sp³-hybridized carbons (Fsp3) is 0.929. The van der Waals surface area contributed by atoms with Crippen LogP contribution in [0.3, 0.4) is 0 Å². The summed E-state index contributed by atoms with van der Waals surface area (Å²) in [5, 5.41) is 3.24. The molecule has 0 rings (SSSR count). The molecule has 0 aliphatic carbocycles. The molecule has 0 aromatic heterocycles. The third-order valence-corrected chi connectivity index (χ3v) is 3.14. The molecule has 1 atom stereocenters. The van der Waals surface area contributed by atoms with E-state index in [1.54, 1.807) is 7.11 Å². The maximum Gasteiger partial charge on any atom is 0.322 e. The molecule has 0 spiro atoms. The molecule has 0 amide bonds. The largest absolute Gasteiger partial charge is 0.468 e. The van der Waals surface area contributed by atoms with E-state index in [1.165, 1.54) is 7.11 Å². The van der Waals surface area contributed by atoms with E-state index in [-0.39, 0.29) is 12.0 Å². The van der Waals surface area contributed by atoms with E-state index in [1.807, 2.05) is 0 Å². The van der Waals surface area contributed by atoms with E-state index in [9.17, 15) is 4.79 Å². The molecular weight excluding hydrogens is 244 g/mol. The Bertz CT molecular complexity index is 235. The Balaban J connectivity index is 4.27. The van der Waals surface area contributed by atoms with Gasteiger partial charge >= 0.3 is 5.97 Å². The van der Waals surface area contributed by atoms with Crippen LogP contribution in [0.2, 0.25) is 0 Å². The van der Waals surface area contributed by atoms with Crippen molar-refractivity contribution in [2.45, 2.75) is 45.7 Å². The first-order valence-electron chi connectivity index (χ1n) is 7.11. The average Bonchev–Trinajstić information content (AvgIpc) is 2.40. The van der Waals surface area contributed by atoms with Crippen molar-refractivity contribution in [3.63, 3.8) is 0 Å². The predicted molar refractivity (Wildman–Crippen MR) is 77.3 cm³/mol. The highest BCUT2D eigenvalue weighted by Gasteiger charge is 2.20. The highest BCUT2D eigenvalue weighted by atomic mass is 16.5. The summed E-state index contributed by atoms with van der Waals surface area (Å²) in [6.07, 6.45) is 1.76. The van der Waals surface area contributed by atoms with Crippen molar-refractivity contribution >= 4 is 5.97 Å². The fourth-order valence-electron chi connectivity index (χ4n) is 1.90. The number of nitrogens with zero attached hydrogens (tertiary/aromatic N) is 1. The lowest BCUT2D eigenvalue weighted by atomic mass is 10.1. The lowest BCUT2D eigenvalue weighted by Gasteiger charge is -2.27. The number of hydrogen-bond donors (Lipinski definition) is 1. The monoisotopic (exact) mass is 274 g/mol. The van der Waals surface area contributed by atoms with Crippen LogP contribution in [0.1, 0.15) is 33.6 Å². The lowest BCUT2D eigenvalue weighted by molar-refractivity contribution is -0.143. The molecule has 0 bridgehead atoms. The molecular formula is C14H30N2O3. The summed E-state index contributed by atoms with van der Waals surface area (Å²) < 4.78 is 9.95. The van der Waals surface area contributed by atoms with Gasteiger partial charge in [0.05, 0.1) is 13.7 Å². The van der Waals surface area contributed by atoms with Gasteiger partial charge in [-0.1, -0.05) is 6.92 Å². The summed E-state index contributed by atoms with van der Waals surface area (Å²) in [6, 6.07) is 0.230. The maximum absolute atomic E-state index is 11.7. The molecule has 0 aromatic rings. The van der Waals surface area contributed by atoms with Crippen LogP contribution >= 0.6 is 0 Å². The third-order valence-electron chi connectivity index (χ3n) is 3.14. The van der Waals surface area contributed by atoms with Crippen LogP contribution < -0.4 is 5.32 Å². The van der Waals surface area contributed by atoms with Crippen LogP contribution in [0.4, 0.5) is 0 Å². The molecule has 1 N–H and O–H groups in total. The first kappa shape index (κ1) is 18.4. The number of ether oxygens (including phenoxy) is 2. The van der Waals surface area contributed by atoms with E-state index < -0.39 is 0 Å². The van der Waals surface area contributed by atoms with Crippen molar-refractivity contribution in [1.82, 2.24) is 10.2 Å². The van der Waals surface area contributed by atoms with Crippen LogP contribution in [-0.2, 0) is 14.3 Å². The number of carbonyl (C=O) groups excluding carboxylic acids is 1. The molecule has 0 fully saturated rings. The molecule has 0 saturated carbocycles. The number of nitrogens with one attached hydrogen (secondary N) is 1. The zero-order valence-electron chi connectivity index (χ0n) is 13.1. The minimum absolute atomic E-state index is 0.177. The summed E-state index contributed by atoms with van der Waals surface area (Å²) >= 11 is 0. The van der Waals surface area contributed by atoms with Crippen molar-refractivity contribution in [3.8, 4) is 0 Å². The Morgan fingerprint density at radius 3 is 2.42 bits per heavy atom. The molecule has 114 valence electrons. The summed E-state index contributed by atoms with van der Waals surface area (Å²) in [5.74, 6) is -0.177. The molecule has 0 aliphatic heterocycles. The molecule has 0 aromatic carbocycles. The molecule has 5 heteroatoms.